The zero-order valence-electron chi connectivity index (χ0n) is 6.17. The van der Waals surface area contributed by atoms with Gasteiger partial charge in [0.15, 0.2) is 0 Å². The highest BCUT2D eigenvalue weighted by Gasteiger charge is 2.07. The third kappa shape index (κ3) is 2.03. The molecule has 2 heteroatoms. The van der Waals surface area contributed by atoms with Crippen LogP contribution in [0.2, 0.25) is 0 Å². The zero-order valence-corrected chi connectivity index (χ0v) is 8.58. The molecule has 0 saturated carbocycles. The first-order valence-electron chi connectivity index (χ1n) is 3.09. The molecule has 0 fully saturated rings. The molecule has 0 unspecified atom stereocenters. The van der Waals surface area contributed by atoms with Crippen LogP contribution in [0, 0.1) is 0 Å². The van der Waals surface area contributed by atoms with Crippen LogP contribution in [0.4, 0.5) is 0 Å². The average molecular weight is 219 g/mol. The molecule has 0 spiro atoms. The Hall–Kier alpha value is 0.0500. The molecule has 0 aromatic heterocycles. The quantitative estimate of drug-likeness (QED) is 0.678. The van der Waals surface area contributed by atoms with Gasteiger partial charge in [-0.05, 0) is 44.4 Å². The van der Waals surface area contributed by atoms with Gasteiger partial charge in [-0.15, -0.1) is 0 Å². The fraction of sp³-hybridized carbons (Fsp3) is 0.250. The predicted molar refractivity (Wildman–Crippen MR) is 53.1 cm³/mol. The Balaban J connectivity index is 2.97. The molecule has 0 bridgehead atoms. The van der Waals surface area contributed by atoms with Crippen LogP contribution in [-0.4, -0.2) is 12.5 Å². The van der Waals surface area contributed by atoms with E-state index < -0.39 is 8.46 Å². The molecule has 1 aromatic rings. The van der Waals surface area contributed by atoms with Crippen molar-refractivity contribution >= 4 is 23.3 Å². The molecule has 0 aliphatic heterocycles. The Morgan fingerprint density at radius 3 is 1.90 bits per heavy atom. The Morgan fingerprint density at radius 1 is 1.10 bits per heavy atom. The Morgan fingerprint density at radius 2 is 1.60 bits per heavy atom. The first-order chi connectivity index (χ1) is 4.61. The van der Waals surface area contributed by atoms with E-state index in [0.29, 0.717) is 0 Å². The summed E-state index contributed by atoms with van der Waals surface area (Å²) in [6.45, 7) is 0. The standard InChI is InChI=1S/C8H11BrS/c1-10(2,9)8-6-4-3-5-7-8/h3-7H,1-2H3. The molecule has 0 atom stereocenters. The van der Waals surface area contributed by atoms with Gasteiger partial charge in [-0.25, -0.2) is 0 Å². The minimum atomic E-state index is -0.690. The summed E-state index contributed by atoms with van der Waals surface area (Å²) in [4.78, 5) is 1.40. The van der Waals surface area contributed by atoms with Crippen molar-refractivity contribution < 1.29 is 0 Å². The summed E-state index contributed by atoms with van der Waals surface area (Å²) >= 11 is 3.67. The van der Waals surface area contributed by atoms with Crippen LogP contribution in [0.15, 0.2) is 35.2 Å². The molecular weight excluding hydrogens is 208 g/mol. The van der Waals surface area contributed by atoms with Crippen LogP contribution in [0.25, 0.3) is 0 Å². The van der Waals surface area contributed by atoms with Gasteiger partial charge in [0.05, 0.1) is 0 Å². The largest absolute Gasteiger partial charge is 0.162 e. The lowest BCUT2D eigenvalue weighted by atomic mass is 10.4. The lowest BCUT2D eigenvalue weighted by Gasteiger charge is -2.22. The first-order valence-corrected chi connectivity index (χ1v) is 7.38. The summed E-state index contributed by atoms with van der Waals surface area (Å²) in [6, 6.07) is 10.5. The van der Waals surface area contributed by atoms with Crippen LogP contribution in [-0.2, 0) is 0 Å². The van der Waals surface area contributed by atoms with Gasteiger partial charge in [-0.3, -0.25) is 0 Å². The third-order valence-corrected chi connectivity index (χ3v) is 3.82. The number of hydrogen-bond donors (Lipinski definition) is 0. The smallest absolute Gasteiger partial charge is 0.00114 e. The highest BCUT2D eigenvalue weighted by Crippen LogP contribution is 2.55. The molecule has 0 saturated heterocycles. The monoisotopic (exact) mass is 218 g/mol. The average Bonchev–Trinajstić information content (AvgIpc) is 1.88. The molecule has 0 nitrogen and oxygen atoms in total. The van der Waals surface area contributed by atoms with Crippen LogP contribution in [0.1, 0.15) is 0 Å². The Bertz CT molecular complexity index is 200. The molecule has 0 amide bonds. The molecule has 56 valence electrons. The molecule has 1 rings (SSSR count). The van der Waals surface area contributed by atoms with E-state index in [0.717, 1.165) is 0 Å². The summed E-state index contributed by atoms with van der Waals surface area (Å²) in [7, 11) is -0.690. The number of hydrogen-bond acceptors (Lipinski definition) is 0. The number of rotatable bonds is 1. The van der Waals surface area contributed by atoms with Crippen molar-refractivity contribution in [3.63, 3.8) is 0 Å². The van der Waals surface area contributed by atoms with Gasteiger partial charge in [0.2, 0.25) is 0 Å². The lowest BCUT2D eigenvalue weighted by molar-refractivity contribution is 1.45. The normalized spacial score (nSPS) is 13.1. The van der Waals surface area contributed by atoms with Crippen molar-refractivity contribution in [1.82, 2.24) is 0 Å². The van der Waals surface area contributed by atoms with Crippen LogP contribution < -0.4 is 0 Å². The van der Waals surface area contributed by atoms with Crippen molar-refractivity contribution in [3.8, 4) is 0 Å². The number of halogens is 1. The van der Waals surface area contributed by atoms with Crippen molar-refractivity contribution in [2.24, 2.45) is 0 Å². The molecule has 0 aliphatic rings. The first kappa shape index (κ1) is 8.15. The van der Waals surface area contributed by atoms with E-state index in [1.54, 1.807) is 0 Å². The highest BCUT2D eigenvalue weighted by atomic mass is 79.9. The fourth-order valence-electron chi connectivity index (χ4n) is 0.744. The van der Waals surface area contributed by atoms with Gasteiger partial charge in [0.1, 0.15) is 0 Å². The molecule has 0 aliphatic carbocycles. The second kappa shape index (κ2) is 2.97. The number of benzene rings is 1. The van der Waals surface area contributed by atoms with Crippen molar-refractivity contribution in [2.75, 3.05) is 12.5 Å². The minimum Gasteiger partial charge on any atom is -0.162 e. The van der Waals surface area contributed by atoms with Crippen molar-refractivity contribution in [2.45, 2.75) is 4.90 Å². The van der Waals surface area contributed by atoms with Crippen LogP contribution in [0.5, 0.6) is 0 Å². The summed E-state index contributed by atoms with van der Waals surface area (Å²) in [5.41, 5.74) is 0. The maximum atomic E-state index is 3.67. The van der Waals surface area contributed by atoms with Gasteiger partial charge >= 0.3 is 0 Å². The molecular formula is C8H11BrS. The predicted octanol–water partition coefficient (Wildman–Crippen LogP) is 3.42. The molecule has 0 radical (unpaired) electrons. The topological polar surface area (TPSA) is 0 Å². The lowest BCUT2D eigenvalue weighted by Crippen LogP contribution is -1.83. The van der Waals surface area contributed by atoms with Gasteiger partial charge in [-0.2, -0.15) is 8.46 Å². The van der Waals surface area contributed by atoms with E-state index in [4.69, 9.17) is 0 Å². The van der Waals surface area contributed by atoms with Crippen LogP contribution >= 0.6 is 23.3 Å². The molecule has 0 N–H and O–H groups in total. The van der Waals surface area contributed by atoms with Gasteiger partial charge in [-0.1, -0.05) is 18.2 Å². The zero-order chi connectivity index (χ0) is 7.61. The summed E-state index contributed by atoms with van der Waals surface area (Å²) in [5.74, 6) is 0. The van der Waals surface area contributed by atoms with Crippen LogP contribution in [0.3, 0.4) is 0 Å². The van der Waals surface area contributed by atoms with E-state index in [2.05, 4.69) is 51.6 Å². The van der Waals surface area contributed by atoms with Gasteiger partial charge in [0, 0.05) is 0 Å². The Kier molecular flexibility index (Phi) is 2.42. The van der Waals surface area contributed by atoms with E-state index >= 15 is 0 Å². The van der Waals surface area contributed by atoms with Gasteiger partial charge < -0.3 is 0 Å². The maximum Gasteiger partial charge on any atom is -0.00114 e. The van der Waals surface area contributed by atoms with Crippen molar-refractivity contribution in [1.29, 1.82) is 0 Å². The third-order valence-electron chi connectivity index (χ3n) is 1.30. The van der Waals surface area contributed by atoms with E-state index in [1.807, 2.05) is 6.07 Å². The fourth-order valence-corrected chi connectivity index (χ4v) is 2.20. The molecule has 0 heterocycles. The molecule has 10 heavy (non-hydrogen) atoms. The van der Waals surface area contributed by atoms with E-state index in [-0.39, 0.29) is 0 Å². The highest BCUT2D eigenvalue weighted by molar-refractivity contribution is 9.58. The van der Waals surface area contributed by atoms with E-state index in [1.165, 1.54) is 4.90 Å². The van der Waals surface area contributed by atoms with Crippen molar-refractivity contribution in [3.05, 3.63) is 30.3 Å². The maximum absolute atomic E-state index is 3.67. The SMILES string of the molecule is CS(C)(Br)c1ccccc1. The Labute approximate surface area is 71.2 Å². The second-order valence-electron chi connectivity index (χ2n) is 2.52. The summed E-state index contributed by atoms with van der Waals surface area (Å²) in [5, 5.41) is 0. The minimum absolute atomic E-state index is 0.690. The summed E-state index contributed by atoms with van der Waals surface area (Å²) < 4.78 is 0. The second-order valence-corrected chi connectivity index (χ2v) is 10.2. The van der Waals surface area contributed by atoms with E-state index in [9.17, 15) is 0 Å². The van der Waals surface area contributed by atoms with Gasteiger partial charge in [0.25, 0.3) is 0 Å². The summed E-state index contributed by atoms with van der Waals surface area (Å²) in [6.07, 6.45) is 4.45. The molecule has 1 aromatic carbocycles.